The third-order valence-corrected chi connectivity index (χ3v) is 4.53. The highest BCUT2D eigenvalue weighted by Crippen LogP contribution is 2.27. The number of H-pyrrole nitrogens is 1. The van der Waals surface area contributed by atoms with Crippen molar-refractivity contribution < 1.29 is 4.92 Å². The number of fused-ring (bicyclic) bond motifs is 3. The molecule has 0 saturated carbocycles. The van der Waals surface area contributed by atoms with E-state index in [2.05, 4.69) is 20.2 Å². The van der Waals surface area contributed by atoms with Crippen molar-refractivity contribution in [3.05, 3.63) is 64.2 Å². The zero-order chi connectivity index (χ0) is 16.5. The Morgan fingerprint density at radius 1 is 1.08 bits per heavy atom. The summed E-state index contributed by atoms with van der Waals surface area (Å²) in [7, 11) is 0. The minimum absolute atomic E-state index is 0.102. The highest BCUT2D eigenvalue weighted by Gasteiger charge is 2.14. The summed E-state index contributed by atoms with van der Waals surface area (Å²) in [6.45, 7) is 0. The van der Waals surface area contributed by atoms with Crippen LogP contribution in [-0.2, 0) is 5.75 Å². The second-order valence-electron chi connectivity index (χ2n) is 5.14. The van der Waals surface area contributed by atoms with Gasteiger partial charge >= 0.3 is 0 Å². The summed E-state index contributed by atoms with van der Waals surface area (Å²) in [6.07, 6.45) is 0. The van der Waals surface area contributed by atoms with E-state index in [-0.39, 0.29) is 10.6 Å². The first-order chi connectivity index (χ1) is 11.7. The number of hydrogen-bond donors (Lipinski definition) is 1. The molecule has 0 saturated heterocycles. The maximum absolute atomic E-state index is 11.1. The normalized spacial score (nSPS) is 11.2. The third-order valence-electron chi connectivity index (χ3n) is 3.65. The molecule has 0 atom stereocenters. The Labute approximate surface area is 140 Å². The molecule has 1 N–H and O–H groups in total. The molecule has 2 aromatic heterocycles. The van der Waals surface area contributed by atoms with Crippen LogP contribution in [0.1, 0.15) is 5.56 Å². The van der Waals surface area contributed by atoms with Gasteiger partial charge in [0.25, 0.3) is 5.69 Å². The molecule has 118 valence electrons. The fourth-order valence-corrected chi connectivity index (χ4v) is 3.30. The average Bonchev–Trinajstić information content (AvgIpc) is 2.98. The zero-order valence-corrected chi connectivity index (χ0v) is 13.2. The van der Waals surface area contributed by atoms with Crippen molar-refractivity contribution in [2.24, 2.45) is 0 Å². The summed E-state index contributed by atoms with van der Waals surface area (Å²) in [5, 5.41) is 20.9. The molecule has 0 bridgehead atoms. The fourth-order valence-electron chi connectivity index (χ4n) is 2.52. The molecule has 7 nitrogen and oxygen atoms in total. The SMILES string of the molecule is O=[N+]([O-])c1ccccc1CSc1nnc2c(n1)[nH]c1ccccc12. The molecule has 24 heavy (non-hydrogen) atoms. The molecule has 0 aliphatic heterocycles. The van der Waals surface area contributed by atoms with E-state index in [1.807, 2.05) is 24.3 Å². The Morgan fingerprint density at radius 3 is 2.75 bits per heavy atom. The van der Waals surface area contributed by atoms with Crippen molar-refractivity contribution in [3.63, 3.8) is 0 Å². The first-order valence-electron chi connectivity index (χ1n) is 7.18. The van der Waals surface area contributed by atoms with Crippen LogP contribution < -0.4 is 0 Å². The van der Waals surface area contributed by atoms with Gasteiger partial charge in [-0.3, -0.25) is 10.1 Å². The molecule has 0 radical (unpaired) electrons. The van der Waals surface area contributed by atoms with Gasteiger partial charge < -0.3 is 4.98 Å². The lowest BCUT2D eigenvalue weighted by Gasteiger charge is -2.01. The minimum atomic E-state index is -0.379. The quantitative estimate of drug-likeness (QED) is 0.346. The van der Waals surface area contributed by atoms with Crippen molar-refractivity contribution in [1.82, 2.24) is 20.2 Å². The zero-order valence-electron chi connectivity index (χ0n) is 12.3. The molecule has 0 spiro atoms. The maximum atomic E-state index is 11.1. The van der Waals surface area contributed by atoms with Crippen LogP contribution in [-0.4, -0.2) is 25.1 Å². The molecule has 0 fully saturated rings. The Balaban J connectivity index is 1.64. The van der Waals surface area contributed by atoms with E-state index in [4.69, 9.17) is 0 Å². The summed E-state index contributed by atoms with van der Waals surface area (Å²) < 4.78 is 0. The summed E-state index contributed by atoms with van der Waals surface area (Å²) in [5.74, 6) is 0.407. The lowest BCUT2D eigenvalue weighted by Crippen LogP contribution is -1.95. The van der Waals surface area contributed by atoms with Crippen LogP contribution >= 0.6 is 11.8 Å². The largest absolute Gasteiger partial charge is 0.338 e. The second-order valence-corrected chi connectivity index (χ2v) is 6.08. The van der Waals surface area contributed by atoms with E-state index >= 15 is 0 Å². The van der Waals surface area contributed by atoms with Crippen molar-refractivity contribution >= 4 is 39.5 Å². The lowest BCUT2D eigenvalue weighted by molar-refractivity contribution is -0.385. The summed E-state index contributed by atoms with van der Waals surface area (Å²) in [4.78, 5) is 18.4. The molecule has 4 rings (SSSR count). The van der Waals surface area contributed by atoms with E-state index < -0.39 is 0 Å². The second kappa shape index (κ2) is 5.89. The van der Waals surface area contributed by atoms with Gasteiger partial charge in [0.05, 0.1) is 4.92 Å². The number of hydrogen-bond acceptors (Lipinski definition) is 6. The van der Waals surface area contributed by atoms with Gasteiger partial charge in [-0.05, 0) is 6.07 Å². The van der Waals surface area contributed by atoms with Gasteiger partial charge in [-0.1, -0.05) is 48.2 Å². The molecule has 0 aliphatic rings. The molecular weight excluding hydrogens is 326 g/mol. The monoisotopic (exact) mass is 337 g/mol. The first kappa shape index (κ1) is 14.6. The summed E-state index contributed by atoms with van der Waals surface area (Å²) >= 11 is 1.32. The number of aromatic nitrogens is 4. The molecule has 4 aromatic rings. The predicted octanol–water partition coefficient (Wildman–Crippen LogP) is 3.71. The number of thioether (sulfide) groups is 1. The van der Waals surface area contributed by atoms with Crippen LogP contribution in [0.25, 0.3) is 22.1 Å². The molecular formula is C16H11N5O2S. The van der Waals surface area contributed by atoms with Crippen LogP contribution in [0.4, 0.5) is 5.69 Å². The fraction of sp³-hybridized carbons (Fsp3) is 0.0625. The number of para-hydroxylation sites is 2. The first-order valence-corrected chi connectivity index (χ1v) is 8.17. The minimum Gasteiger partial charge on any atom is -0.338 e. The van der Waals surface area contributed by atoms with Crippen molar-refractivity contribution in [3.8, 4) is 0 Å². The Hall–Kier alpha value is -3.00. The smallest absolute Gasteiger partial charge is 0.273 e. The van der Waals surface area contributed by atoms with Gasteiger partial charge in [-0.25, -0.2) is 4.98 Å². The van der Waals surface area contributed by atoms with Gasteiger partial charge in [0.15, 0.2) is 5.65 Å². The predicted molar refractivity (Wildman–Crippen MR) is 91.8 cm³/mol. The van der Waals surface area contributed by atoms with Crippen LogP contribution in [0.3, 0.4) is 0 Å². The van der Waals surface area contributed by atoms with Crippen molar-refractivity contribution in [2.45, 2.75) is 10.9 Å². The standard InChI is InChI=1S/C16H11N5O2S/c22-21(23)13-8-4-1-5-10(13)9-24-16-18-15-14(19-20-16)11-6-2-3-7-12(11)17-15/h1-8H,9H2,(H,17,18,20). The number of rotatable bonds is 4. The molecule has 0 unspecified atom stereocenters. The Morgan fingerprint density at radius 2 is 1.88 bits per heavy atom. The Bertz CT molecular complexity index is 1060. The molecule has 0 amide bonds. The van der Waals surface area contributed by atoms with Gasteiger partial charge in [0, 0.05) is 28.3 Å². The summed E-state index contributed by atoms with van der Waals surface area (Å²) in [5.41, 5.74) is 3.07. The van der Waals surface area contributed by atoms with Crippen LogP contribution in [0, 0.1) is 10.1 Å². The van der Waals surface area contributed by atoms with Crippen molar-refractivity contribution in [2.75, 3.05) is 0 Å². The number of nitrogens with one attached hydrogen (secondary N) is 1. The molecule has 2 aromatic carbocycles. The number of aromatic amines is 1. The average molecular weight is 337 g/mol. The van der Waals surface area contributed by atoms with E-state index in [0.29, 0.717) is 22.1 Å². The topological polar surface area (TPSA) is 97.6 Å². The van der Waals surface area contributed by atoms with E-state index in [9.17, 15) is 10.1 Å². The lowest BCUT2D eigenvalue weighted by atomic mass is 10.2. The van der Waals surface area contributed by atoms with Gasteiger partial charge in [0.2, 0.25) is 5.16 Å². The highest BCUT2D eigenvalue weighted by molar-refractivity contribution is 7.98. The van der Waals surface area contributed by atoms with E-state index in [0.717, 1.165) is 16.4 Å². The number of nitrogens with zero attached hydrogens (tertiary/aromatic N) is 4. The van der Waals surface area contributed by atoms with Gasteiger partial charge in [-0.2, -0.15) is 0 Å². The van der Waals surface area contributed by atoms with E-state index in [1.165, 1.54) is 17.8 Å². The van der Waals surface area contributed by atoms with Gasteiger partial charge in [0.1, 0.15) is 5.52 Å². The number of nitro benzene ring substituents is 1. The third kappa shape index (κ3) is 2.56. The molecule has 2 heterocycles. The van der Waals surface area contributed by atoms with Crippen LogP contribution in [0.5, 0.6) is 0 Å². The van der Waals surface area contributed by atoms with Gasteiger partial charge in [-0.15, -0.1) is 10.2 Å². The number of nitro groups is 1. The summed E-state index contributed by atoms with van der Waals surface area (Å²) in [6, 6.07) is 14.5. The Kier molecular flexibility index (Phi) is 3.58. The van der Waals surface area contributed by atoms with Crippen molar-refractivity contribution in [1.29, 1.82) is 0 Å². The van der Waals surface area contributed by atoms with Crippen LogP contribution in [0.2, 0.25) is 0 Å². The van der Waals surface area contributed by atoms with E-state index in [1.54, 1.807) is 18.2 Å². The molecule has 8 heteroatoms. The number of benzene rings is 2. The van der Waals surface area contributed by atoms with Crippen LogP contribution in [0.15, 0.2) is 53.7 Å². The highest BCUT2D eigenvalue weighted by atomic mass is 32.2. The maximum Gasteiger partial charge on any atom is 0.273 e. The molecule has 0 aliphatic carbocycles.